The second-order valence-electron chi connectivity index (χ2n) is 3.56. The molecule has 1 aliphatic heterocycles. The number of hydrogen-bond donors (Lipinski definition) is 2. The van der Waals surface area contributed by atoms with Crippen LogP contribution in [0.4, 0.5) is 11.5 Å². The Morgan fingerprint density at radius 2 is 2.47 bits per heavy atom. The number of nitrogens with two attached hydrogens (primary N) is 1. The van der Waals surface area contributed by atoms with Crippen molar-refractivity contribution in [1.82, 2.24) is 4.98 Å². The summed E-state index contributed by atoms with van der Waals surface area (Å²) in [5.41, 5.74) is 6.53. The molecule has 0 aliphatic carbocycles. The Bertz CT molecular complexity index is 315. The molecule has 3 N–H and O–H groups in total. The second kappa shape index (κ2) is 4.46. The summed E-state index contributed by atoms with van der Waals surface area (Å²) in [7, 11) is 0. The van der Waals surface area contributed by atoms with Crippen LogP contribution >= 0.6 is 0 Å². The number of aliphatic hydroxyl groups is 1. The molecule has 0 aromatic carbocycles. The fraction of sp³-hybridized carbons (Fsp3) is 0.500. The lowest BCUT2D eigenvalue weighted by Gasteiger charge is -2.33. The Labute approximate surface area is 88.5 Å². The van der Waals surface area contributed by atoms with E-state index in [1.807, 2.05) is 6.07 Å². The van der Waals surface area contributed by atoms with E-state index in [-0.39, 0.29) is 12.7 Å². The predicted molar refractivity (Wildman–Crippen MR) is 57.7 cm³/mol. The fourth-order valence-corrected chi connectivity index (χ4v) is 1.65. The van der Waals surface area contributed by atoms with Crippen LogP contribution in [0.2, 0.25) is 0 Å². The summed E-state index contributed by atoms with van der Waals surface area (Å²) in [6.07, 6.45) is 1.64. The van der Waals surface area contributed by atoms with Gasteiger partial charge in [0, 0.05) is 13.1 Å². The van der Waals surface area contributed by atoms with Crippen molar-refractivity contribution >= 4 is 11.5 Å². The van der Waals surface area contributed by atoms with Gasteiger partial charge in [-0.3, -0.25) is 0 Å². The standard InChI is InChI=1S/C10H15N3O2/c11-10-2-1-8(5-12-10)13-3-4-15-9(6-13)7-14/h1-2,5,9,14H,3-4,6-7H2,(H2,11,12)/t9-/m1/s1. The van der Waals surface area contributed by atoms with Crippen LogP contribution in [0.3, 0.4) is 0 Å². The number of nitrogens with zero attached hydrogens (tertiary/aromatic N) is 2. The lowest BCUT2D eigenvalue weighted by atomic mass is 10.2. The van der Waals surface area contributed by atoms with Crippen molar-refractivity contribution in [3.8, 4) is 0 Å². The van der Waals surface area contributed by atoms with Crippen LogP contribution in [0.15, 0.2) is 18.3 Å². The van der Waals surface area contributed by atoms with Gasteiger partial charge < -0.3 is 20.5 Å². The fourth-order valence-electron chi connectivity index (χ4n) is 1.65. The highest BCUT2D eigenvalue weighted by molar-refractivity contribution is 5.48. The summed E-state index contributed by atoms with van der Waals surface area (Å²) in [6.45, 7) is 2.21. The van der Waals surface area contributed by atoms with Crippen molar-refractivity contribution in [2.45, 2.75) is 6.10 Å². The maximum atomic E-state index is 9.01. The molecule has 15 heavy (non-hydrogen) atoms. The average Bonchev–Trinajstić information content (AvgIpc) is 2.30. The Balaban J connectivity index is 2.06. The Morgan fingerprint density at radius 1 is 1.60 bits per heavy atom. The van der Waals surface area contributed by atoms with Crippen LogP contribution in [0.25, 0.3) is 0 Å². The maximum absolute atomic E-state index is 9.01. The molecular weight excluding hydrogens is 194 g/mol. The topological polar surface area (TPSA) is 71.6 Å². The van der Waals surface area contributed by atoms with Gasteiger partial charge in [0.2, 0.25) is 0 Å². The first-order valence-corrected chi connectivity index (χ1v) is 4.98. The molecule has 1 fully saturated rings. The monoisotopic (exact) mass is 209 g/mol. The van der Waals surface area contributed by atoms with Gasteiger partial charge in [0.15, 0.2) is 0 Å². The van der Waals surface area contributed by atoms with Crippen LogP contribution in [0, 0.1) is 0 Å². The van der Waals surface area contributed by atoms with Gasteiger partial charge in [-0.15, -0.1) is 0 Å². The van der Waals surface area contributed by atoms with E-state index in [2.05, 4.69) is 9.88 Å². The van der Waals surface area contributed by atoms with Gasteiger partial charge in [-0.05, 0) is 12.1 Å². The van der Waals surface area contributed by atoms with Crippen molar-refractivity contribution < 1.29 is 9.84 Å². The van der Waals surface area contributed by atoms with E-state index < -0.39 is 0 Å². The molecule has 1 aromatic rings. The molecule has 0 radical (unpaired) electrons. The van der Waals surface area contributed by atoms with Gasteiger partial charge in [0.05, 0.1) is 31.2 Å². The molecule has 0 spiro atoms. The number of pyridine rings is 1. The molecular formula is C10H15N3O2. The van der Waals surface area contributed by atoms with Crippen LogP contribution < -0.4 is 10.6 Å². The largest absolute Gasteiger partial charge is 0.394 e. The molecule has 2 rings (SSSR count). The maximum Gasteiger partial charge on any atom is 0.123 e. The highest BCUT2D eigenvalue weighted by Gasteiger charge is 2.19. The number of nitrogen functional groups attached to an aromatic ring is 1. The van der Waals surface area contributed by atoms with Crippen LogP contribution in [-0.4, -0.2) is 42.5 Å². The van der Waals surface area contributed by atoms with Crippen molar-refractivity contribution in [1.29, 1.82) is 0 Å². The van der Waals surface area contributed by atoms with Gasteiger partial charge in [-0.25, -0.2) is 4.98 Å². The Hall–Kier alpha value is -1.33. The normalized spacial score (nSPS) is 21.7. The van der Waals surface area contributed by atoms with Crippen molar-refractivity contribution in [3.63, 3.8) is 0 Å². The molecule has 0 unspecified atom stereocenters. The third-order valence-corrected chi connectivity index (χ3v) is 2.48. The van der Waals surface area contributed by atoms with Crippen LogP contribution in [0.5, 0.6) is 0 Å². The van der Waals surface area contributed by atoms with E-state index in [0.29, 0.717) is 19.0 Å². The third kappa shape index (κ3) is 2.37. The molecule has 5 heteroatoms. The zero-order valence-electron chi connectivity index (χ0n) is 8.47. The predicted octanol–water partition coefficient (Wildman–Crippen LogP) is -0.139. The average molecular weight is 209 g/mol. The summed E-state index contributed by atoms with van der Waals surface area (Å²) >= 11 is 0. The minimum absolute atomic E-state index is 0.0545. The second-order valence-corrected chi connectivity index (χ2v) is 3.56. The lowest BCUT2D eigenvalue weighted by molar-refractivity contribution is 0.00355. The van der Waals surface area contributed by atoms with Gasteiger partial charge in [-0.1, -0.05) is 0 Å². The highest BCUT2D eigenvalue weighted by atomic mass is 16.5. The summed E-state index contributed by atoms with van der Waals surface area (Å²) in [5.74, 6) is 0.519. The molecule has 0 amide bonds. The first-order chi connectivity index (χ1) is 7.29. The van der Waals surface area contributed by atoms with Gasteiger partial charge in [-0.2, -0.15) is 0 Å². The summed E-state index contributed by atoms with van der Waals surface area (Å²) in [4.78, 5) is 6.17. The van der Waals surface area contributed by atoms with E-state index in [1.165, 1.54) is 0 Å². The van der Waals surface area contributed by atoms with E-state index in [0.717, 1.165) is 12.2 Å². The minimum atomic E-state index is -0.101. The molecule has 0 saturated carbocycles. The minimum Gasteiger partial charge on any atom is -0.394 e. The van der Waals surface area contributed by atoms with Gasteiger partial charge in [0.25, 0.3) is 0 Å². The van der Waals surface area contributed by atoms with E-state index in [4.69, 9.17) is 15.6 Å². The highest BCUT2D eigenvalue weighted by Crippen LogP contribution is 2.17. The number of ether oxygens (including phenoxy) is 1. The van der Waals surface area contributed by atoms with Crippen LogP contribution in [-0.2, 0) is 4.74 Å². The number of morpholine rings is 1. The van der Waals surface area contributed by atoms with E-state index in [1.54, 1.807) is 12.3 Å². The summed E-state index contributed by atoms with van der Waals surface area (Å²) in [6, 6.07) is 3.71. The molecule has 1 saturated heterocycles. The smallest absolute Gasteiger partial charge is 0.123 e. The number of anilines is 2. The van der Waals surface area contributed by atoms with Gasteiger partial charge in [0.1, 0.15) is 5.82 Å². The Kier molecular flexibility index (Phi) is 3.03. The van der Waals surface area contributed by atoms with Crippen molar-refractivity contribution in [2.24, 2.45) is 0 Å². The number of rotatable bonds is 2. The van der Waals surface area contributed by atoms with E-state index in [9.17, 15) is 0 Å². The number of aromatic nitrogens is 1. The summed E-state index contributed by atoms with van der Waals surface area (Å²) in [5, 5.41) is 9.01. The molecule has 1 aliphatic rings. The first kappa shape index (κ1) is 10.2. The molecule has 1 atom stereocenters. The zero-order valence-corrected chi connectivity index (χ0v) is 8.47. The summed E-state index contributed by atoms with van der Waals surface area (Å²) < 4.78 is 5.37. The zero-order chi connectivity index (χ0) is 10.7. The molecule has 0 bridgehead atoms. The van der Waals surface area contributed by atoms with Gasteiger partial charge >= 0.3 is 0 Å². The third-order valence-electron chi connectivity index (χ3n) is 2.48. The van der Waals surface area contributed by atoms with Crippen molar-refractivity contribution in [2.75, 3.05) is 36.9 Å². The SMILES string of the molecule is Nc1ccc(N2CCO[C@@H](CO)C2)cn1. The molecule has 2 heterocycles. The lowest BCUT2D eigenvalue weighted by Crippen LogP contribution is -2.44. The Morgan fingerprint density at radius 3 is 3.13 bits per heavy atom. The van der Waals surface area contributed by atoms with Crippen molar-refractivity contribution in [3.05, 3.63) is 18.3 Å². The van der Waals surface area contributed by atoms with Crippen LogP contribution in [0.1, 0.15) is 0 Å². The quantitative estimate of drug-likeness (QED) is 0.709. The number of aliphatic hydroxyl groups excluding tert-OH is 1. The first-order valence-electron chi connectivity index (χ1n) is 4.98. The molecule has 1 aromatic heterocycles. The molecule has 82 valence electrons. The number of hydrogen-bond acceptors (Lipinski definition) is 5. The van der Waals surface area contributed by atoms with E-state index >= 15 is 0 Å². The molecule has 5 nitrogen and oxygen atoms in total.